The third-order valence-corrected chi connectivity index (χ3v) is 5.19. The molecule has 0 N–H and O–H groups in total. The van der Waals surface area contributed by atoms with Crippen molar-refractivity contribution in [3.05, 3.63) is 90.8 Å². The number of hydrogen-bond acceptors (Lipinski definition) is 5. The number of carbonyl (C=O) groups is 2. The van der Waals surface area contributed by atoms with Crippen LogP contribution in [0.1, 0.15) is 11.6 Å². The van der Waals surface area contributed by atoms with Gasteiger partial charge in [-0.1, -0.05) is 36.4 Å². The van der Waals surface area contributed by atoms with Crippen molar-refractivity contribution in [3.63, 3.8) is 0 Å². The minimum Gasteiger partial charge on any atom is -0.273 e. The molecule has 138 valence electrons. The van der Waals surface area contributed by atoms with E-state index < -0.39 is 18.1 Å². The molecule has 0 unspecified atom stereocenters. The van der Waals surface area contributed by atoms with E-state index in [1.807, 2.05) is 60.7 Å². The number of benzene rings is 2. The first-order valence-corrected chi connectivity index (χ1v) is 9.09. The number of para-hydroxylation sites is 2. The minimum atomic E-state index is -0.855. The lowest BCUT2D eigenvalue weighted by Crippen LogP contribution is -2.37. The van der Waals surface area contributed by atoms with E-state index in [-0.39, 0.29) is 11.8 Å². The largest absolute Gasteiger partial charge is 0.273 e. The van der Waals surface area contributed by atoms with Crippen molar-refractivity contribution in [1.82, 2.24) is 4.98 Å². The number of carbonyl (C=O) groups excluding carboxylic acids is 2. The Bertz CT molecular complexity index is 1010. The molecule has 0 spiro atoms. The van der Waals surface area contributed by atoms with Crippen LogP contribution in [-0.4, -0.2) is 22.9 Å². The van der Waals surface area contributed by atoms with E-state index in [1.54, 1.807) is 29.6 Å². The van der Waals surface area contributed by atoms with Crippen molar-refractivity contribution in [1.29, 1.82) is 0 Å². The molecule has 5 rings (SSSR count). The average molecular weight is 371 g/mol. The Morgan fingerprint density at radius 3 is 2.00 bits per heavy atom. The third kappa shape index (κ3) is 2.50. The fourth-order valence-corrected chi connectivity index (χ4v) is 3.94. The normalized spacial score (nSPS) is 23.9. The zero-order valence-corrected chi connectivity index (χ0v) is 14.9. The molecule has 2 aliphatic rings. The van der Waals surface area contributed by atoms with E-state index in [0.717, 1.165) is 11.3 Å². The summed E-state index contributed by atoms with van der Waals surface area (Å²) in [5.41, 5.74) is 2.24. The van der Waals surface area contributed by atoms with Crippen molar-refractivity contribution in [2.75, 3.05) is 9.96 Å². The van der Waals surface area contributed by atoms with Crippen LogP contribution in [0.3, 0.4) is 0 Å². The molecule has 0 radical (unpaired) electrons. The van der Waals surface area contributed by atoms with E-state index in [0.29, 0.717) is 5.69 Å². The summed E-state index contributed by atoms with van der Waals surface area (Å²) in [5, 5.41) is 1.68. The van der Waals surface area contributed by atoms with Crippen molar-refractivity contribution >= 4 is 23.2 Å². The highest BCUT2D eigenvalue weighted by atomic mass is 16.7. The standard InChI is InChI=1S/C22H17N3O3/c26-21-18-19(15-11-13-23-14-12-15)25(17-9-5-2-6-10-17)28-20(18)22(27)24(21)16-7-3-1-4-8-16/h1-14,18-20H/t18-,19+,20+/m0/s1. The Hall–Kier alpha value is -3.51. The molecular weight excluding hydrogens is 354 g/mol. The Labute approximate surface area is 161 Å². The quantitative estimate of drug-likeness (QED) is 0.662. The van der Waals surface area contributed by atoms with Gasteiger partial charge in [-0.15, -0.1) is 0 Å². The first kappa shape index (κ1) is 16.6. The predicted octanol–water partition coefficient (Wildman–Crippen LogP) is 3.13. The average Bonchev–Trinajstić information content (AvgIpc) is 3.26. The van der Waals surface area contributed by atoms with Gasteiger partial charge in [0.25, 0.3) is 5.91 Å². The van der Waals surface area contributed by atoms with Gasteiger partial charge in [0.2, 0.25) is 5.91 Å². The summed E-state index contributed by atoms with van der Waals surface area (Å²) < 4.78 is 0. The number of anilines is 2. The van der Waals surface area contributed by atoms with Gasteiger partial charge in [-0.05, 0) is 42.0 Å². The summed E-state index contributed by atoms with van der Waals surface area (Å²) in [6, 6.07) is 21.8. The number of hydrogen-bond donors (Lipinski definition) is 0. The maximum atomic E-state index is 13.3. The van der Waals surface area contributed by atoms with Crippen molar-refractivity contribution in [2.45, 2.75) is 12.1 Å². The zero-order valence-electron chi connectivity index (χ0n) is 14.9. The van der Waals surface area contributed by atoms with Crippen LogP contribution in [0.4, 0.5) is 11.4 Å². The first-order chi connectivity index (χ1) is 13.8. The van der Waals surface area contributed by atoms with Crippen LogP contribution in [-0.2, 0) is 14.4 Å². The summed E-state index contributed by atoms with van der Waals surface area (Å²) in [6.45, 7) is 0. The highest BCUT2D eigenvalue weighted by Gasteiger charge is 2.60. The molecule has 2 amide bonds. The number of aromatic nitrogens is 1. The highest BCUT2D eigenvalue weighted by Crippen LogP contribution is 2.47. The van der Waals surface area contributed by atoms with Crippen LogP contribution in [0.5, 0.6) is 0 Å². The summed E-state index contributed by atoms with van der Waals surface area (Å²) >= 11 is 0. The maximum Gasteiger partial charge on any atom is 0.266 e. The lowest BCUT2D eigenvalue weighted by Gasteiger charge is -2.28. The van der Waals surface area contributed by atoms with Crippen LogP contribution in [0.15, 0.2) is 85.2 Å². The SMILES string of the molecule is O=C1[C@H]2[C@@H](c3ccncc3)N(c3ccccc3)O[C@H]2C(=O)N1c1ccccc1. The molecular formula is C22H17N3O3. The lowest BCUT2D eigenvalue weighted by molar-refractivity contribution is -0.126. The summed E-state index contributed by atoms with van der Waals surface area (Å²) in [7, 11) is 0. The molecule has 0 bridgehead atoms. The molecule has 2 aliphatic heterocycles. The molecule has 3 heterocycles. The minimum absolute atomic E-state index is 0.249. The molecule has 6 heteroatoms. The monoisotopic (exact) mass is 371 g/mol. The highest BCUT2D eigenvalue weighted by molar-refractivity contribution is 6.23. The van der Waals surface area contributed by atoms with Gasteiger partial charge in [0.15, 0.2) is 6.10 Å². The van der Waals surface area contributed by atoms with Crippen molar-refractivity contribution < 1.29 is 14.4 Å². The van der Waals surface area contributed by atoms with Crippen LogP contribution in [0.25, 0.3) is 0 Å². The third-order valence-electron chi connectivity index (χ3n) is 5.19. The second kappa shape index (κ2) is 6.58. The maximum absolute atomic E-state index is 13.3. The Kier molecular flexibility index (Phi) is 3.91. The van der Waals surface area contributed by atoms with E-state index >= 15 is 0 Å². The van der Waals surface area contributed by atoms with Gasteiger partial charge in [-0.2, -0.15) is 0 Å². The van der Waals surface area contributed by atoms with Crippen LogP contribution in [0, 0.1) is 5.92 Å². The van der Waals surface area contributed by atoms with Gasteiger partial charge < -0.3 is 0 Å². The first-order valence-electron chi connectivity index (χ1n) is 9.09. The van der Waals surface area contributed by atoms with Gasteiger partial charge in [0.1, 0.15) is 5.92 Å². The Morgan fingerprint density at radius 2 is 1.36 bits per heavy atom. The Balaban J connectivity index is 1.59. The molecule has 3 aromatic rings. The lowest BCUT2D eigenvalue weighted by atomic mass is 9.91. The smallest absolute Gasteiger partial charge is 0.266 e. The zero-order chi connectivity index (χ0) is 19.1. The van der Waals surface area contributed by atoms with E-state index in [9.17, 15) is 9.59 Å². The number of nitrogens with zero attached hydrogens (tertiary/aromatic N) is 3. The molecule has 2 aromatic carbocycles. The molecule has 0 aliphatic carbocycles. The van der Waals surface area contributed by atoms with Gasteiger partial charge in [0.05, 0.1) is 17.4 Å². The Morgan fingerprint density at radius 1 is 0.750 bits per heavy atom. The van der Waals surface area contributed by atoms with E-state index in [4.69, 9.17) is 4.84 Å². The van der Waals surface area contributed by atoms with Crippen LogP contribution >= 0.6 is 0 Å². The molecule has 0 saturated carbocycles. The number of pyridine rings is 1. The molecule has 1 aromatic heterocycles. The van der Waals surface area contributed by atoms with Gasteiger partial charge in [-0.3, -0.25) is 19.4 Å². The van der Waals surface area contributed by atoms with Crippen molar-refractivity contribution in [2.24, 2.45) is 5.92 Å². The van der Waals surface area contributed by atoms with Gasteiger partial charge in [-0.25, -0.2) is 9.96 Å². The molecule has 28 heavy (non-hydrogen) atoms. The number of rotatable bonds is 3. The fourth-order valence-electron chi connectivity index (χ4n) is 3.94. The van der Waals surface area contributed by atoms with Gasteiger partial charge in [0, 0.05) is 12.4 Å². The molecule has 3 atom stereocenters. The number of fused-ring (bicyclic) bond motifs is 1. The number of amides is 2. The summed E-state index contributed by atoms with van der Waals surface area (Å²) in [6.07, 6.45) is 2.51. The predicted molar refractivity (Wildman–Crippen MR) is 103 cm³/mol. The number of imide groups is 1. The van der Waals surface area contributed by atoms with Crippen LogP contribution < -0.4 is 9.96 Å². The van der Waals surface area contributed by atoms with Gasteiger partial charge >= 0.3 is 0 Å². The van der Waals surface area contributed by atoms with E-state index in [1.165, 1.54) is 4.90 Å². The molecule has 2 fully saturated rings. The van der Waals surface area contributed by atoms with Crippen molar-refractivity contribution in [3.8, 4) is 0 Å². The second-order valence-corrected chi connectivity index (χ2v) is 6.79. The number of hydroxylamine groups is 1. The second-order valence-electron chi connectivity index (χ2n) is 6.79. The fraction of sp³-hybridized carbons (Fsp3) is 0.136. The van der Waals surface area contributed by atoms with E-state index in [2.05, 4.69) is 4.98 Å². The molecule has 6 nitrogen and oxygen atoms in total. The topological polar surface area (TPSA) is 62.7 Å². The molecule has 2 saturated heterocycles. The summed E-state index contributed by atoms with van der Waals surface area (Å²) in [5.74, 6) is -1.21. The summed E-state index contributed by atoms with van der Waals surface area (Å²) in [4.78, 5) is 37.8. The van der Waals surface area contributed by atoms with Crippen LogP contribution in [0.2, 0.25) is 0 Å².